The molecule has 0 saturated carbocycles. The number of imidazole rings is 2. The monoisotopic (exact) mass is 919 g/mol. The van der Waals surface area contributed by atoms with Crippen LogP contribution in [0.25, 0.3) is 22.3 Å². The molecule has 7 heterocycles. The van der Waals surface area contributed by atoms with Gasteiger partial charge < -0.3 is 25.0 Å². The number of carbonyl (C=O) groups excluding carboxylic acids is 2. The van der Waals surface area contributed by atoms with Crippen molar-refractivity contribution >= 4 is 61.2 Å². The maximum Gasteiger partial charge on any atom is 0.475 e. The SMILES string of the molecule is N#CCCOP1(=O)OC[C@H]2O[C@@H](n3cnc4c(NC(=O)c5ccccc5)ncnc43)[C@H](F)[C@@H]2OP(=O)(O)/C=C\[C@H]2O[C@@H](n3cnc4c(NC(=O)c5ccccc5)ncnc43)[C@H](F)[C@@H]2O1. The van der Waals surface area contributed by atoms with Crippen LogP contribution in [0.4, 0.5) is 20.4 Å². The van der Waals surface area contributed by atoms with Gasteiger partial charge in [0.1, 0.15) is 37.1 Å². The summed E-state index contributed by atoms with van der Waals surface area (Å²) in [5.74, 6) is -0.408. The van der Waals surface area contributed by atoms with Gasteiger partial charge in [-0.25, -0.2) is 43.2 Å². The lowest BCUT2D eigenvalue weighted by molar-refractivity contribution is -0.0503. The zero-order valence-electron chi connectivity index (χ0n) is 32.7. The summed E-state index contributed by atoms with van der Waals surface area (Å²) in [5, 5.41) is 14.5. The van der Waals surface area contributed by atoms with Crippen LogP contribution in [0, 0.1) is 11.3 Å². The van der Waals surface area contributed by atoms with E-state index in [1.54, 1.807) is 60.7 Å². The molecule has 26 heteroatoms. The van der Waals surface area contributed by atoms with E-state index in [0.717, 1.165) is 40.5 Å². The number of anilines is 2. The Hall–Kier alpha value is -6.25. The van der Waals surface area contributed by atoms with Gasteiger partial charge in [0, 0.05) is 16.9 Å². The number of hydrogen-bond donors (Lipinski definition) is 3. The van der Waals surface area contributed by atoms with Crippen molar-refractivity contribution in [3.8, 4) is 6.07 Å². The second-order valence-corrected chi connectivity index (χ2v) is 17.5. The van der Waals surface area contributed by atoms with Crippen LogP contribution in [0.2, 0.25) is 0 Å². The molecule has 2 amide bonds. The Kier molecular flexibility index (Phi) is 11.9. The third-order valence-electron chi connectivity index (χ3n) is 10.1. The van der Waals surface area contributed by atoms with E-state index in [4.69, 9.17) is 27.6 Å². The summed E-state index contributed by atoms with van der Waals surface area (Å²) < 4.78 is 97.9. The Morgan fingerprint density at radius 3 is 1.91 bits per heavy atom. The Balaban J connectivity index is 0.994. The molecule has 9 rings (SSSR count). The first-order chi connectivity index (χ1) is 30.9. The van der Waals surface area contributed by atoms with Crippen LogP contribution in [0.15, 0.2) is 97.9 Å². The van der Waals surface area contributed by atoms with Gasteiger partial charge in [-0.1, -0.05) is 36.4 Å². The number of hydrogen-bond acceptors (Lipinski definition) is 17. The van der Waals surface area contributed by atoms with Crippen LogP contribution in [-0.2, 0) is 36.7 Å². The van der Waals surface area contributed by atoms with Crippen molar-refractivity contribution in [3.05, 3.63) is 109 Å². The summed E-state index contributed by atoms with van der Waals surface area (Å²) in [6.07, 6.45) is -9.73. The minimum Gasteiger partial charge on any atom is -0.346 e. The van der Waals surface area contributed by atoms with E-state index in [2.05, 4.69) is 40.5 Å². The first-order valence-electron chi connectivity index (χ1n) is 19.2. The number of rotatable bonds is 9. The fourth-order valence-electron chi connectivity index (χ4n) is 7.14. The minimum absolute atomic E-state index is 0.00742. The van der Waals surface area contributed by atoms with Crippen molar-refractivity contribution in [3.63, 3.8) is 0 Å². The molecule has 2 fully saturated rings. The lowest BCUT2D eigenvalue weighted by atomic mass is 10.1. The topological polar surface area (TPSA) is 279 Å². The molecule has 2 aromatic carbocycles. The standard InChI is InChI=1S/C38H33F2N11O11P2/c39-25-29-23(59-37(25)50-19-46-27-31(42-17-44-33(27)50)48-35(52)21-8-3-1-4-9-21)12-15-63(54,55)61-30-24(16-58-64(56,62-29)57-14-7-13-41)60-38(26(30)40)51-20-47-28-32(43-18-45-34(28)51)49-36(53)22-10-5-2-6-11-22/h1-6,8-12,15,17-20,23-26,29-30,37-38H,7,14,16H2,(H,54,55)(H,42,44,48,52)(H,43,45,49,53)/b15-12-/t23-,24-,25-,26-,29-,30-,37-,38-,64?/m1/s1. The van der Waals surface area contributed by atoms with Gasteiger partial charge in [0.05, 0.1) is 38.4 Å². The molecular formula is C38H33F2N11O11P2. The molecule has 0 bridgehead atoms. The molecule has 3 aliphatic rings. The number of nitrogens with zero attached hydrogens (tertiary/aromatic N) is 9. The molecule has 3 aliphatic heterocycles. The third-order valence-corrected chi connectivity index (χ3v) is 12.7. The number of ether oxygens (including phenoxy) is 2. The summed E-state index contributed by atoms with van der Waals surface area (Å²) in [5.41, 5.74) is 0.718. The molecule has 2 unspecified atom stereocenters. The number of nitriles is 1. The predicted octanol–water partition coefficient (Wildman–Crippen LogP) is 5.18. The minimum atomic E-state index is -4.97. The summed E-state index contributed by atoms with van der Waals surface area (Å²) in [6, 6.07) is 18.3. The van der Waals surface area contributed by atoms with E-state index in [0.29, 0.717) is 16.9 Å². The molecule has 0 spiro atoms. The first-order valence-corrected chi connectivity index (χ1v) is 22.3. The molecule has 10 atom stereocenters. The lowest BCUT2D eigenvalue weighted by Crippen LogP contribution is -2.35. The Labute approximate surface area is 359 Å². The van der Waals surface area contributed by atoms with Gasteiger partial charge in [-0.05, 0) is 30.3 Å². The van der Waals surface area contributed by atoms with Crippen LogP contribution >= 0.6 is 15.4 Å². The van der Waals surface area contributed by atoms with Crippen LogP contribution in [0.3, 0.4) is 0 Å². The molecule has 0 radical (unpaired) electrons. The first kappa shape index (κ1) is 43.0. The quantitative estimate of drug-likeness (QED) is 0.124. The number of phosphoric ester groups is 1. The number of alkyl halides is 2. The summed E-state index contributed by atoms with van der Waals surface area (Å²) in [4.78, 5) is 62.0. The highest BCUT2D eigenvalue weighted by molar-refractivity contribution is 7.56. The van der Waals surface area contributed by atoms with E-state index >= 15 is 8.78 Å². The van der Waals surface area contributed by atoms with Crippen molar-refractivity contribution in [1.29, 1.82) is 5.26 Å². The maximum absolute atomic E-state index is 16.8. The number of phosphoric acid groups is 1. The van der Waals surface area contributed by atoms with E-state index in [-0.39, 0.29) is 40.4 Å². The fraction of sp³-hybridized carbons (Fsp3) is 0.289. The second kappa shape index (κ2) is 17.7. The summed E-state index contributed by atoms with van der Waals surface area (Å²) in [7, 11) is -9.91. The van der Waals surface area contributed by atoms with Crippen molar-refractivity contribution in [2.45, 2.75) is 55.6 Å². The van der Waals surface area contributed by atoms with Gasteiger partial charge in [-0.2, -0.15) is 5.26 Å². The van der Waals surface area contributed by atoms with Crippen LogP contribution < -0.4 is 10.6 Å². The number of carbonyl (C=O) groups is 2. The number of amides is 2. The Morgan fingerprint density at radius 1 is 0.797 bits per heavy atom. The highest BCUT2D eigenvalue weighted by Crippen LogP contribution is 2.57. The van der Waals surface area contributed by atoms with Crippen LogP contribution in [0.5, 0.6) is 0 Å². The van der Waals surface area contributed by atoms with Gasteiger partial charge in [0.2, 0.25) is 0 Å². The van der Waals surface area contributed by atoms with E-state index in [9.17, 15) is 28.9 Å². The number of nitrogens with one attached hydrogen (secondary N) is 2. The molecule has 2 saturated heterocycles. The van der Waals surface area contributed by atoms with Gasteiger partial charge >= 0.3 is 15.4 Å². The average molecular weight is 920 g/mol. The zero-order chi connectivity index (χ0) is 44.6. The van der Waals surface area contributed by atoms with E-state index in [1.165, 1.54) is 0 Å². The van der Waals surface area contributed by atoms with Crippen molar-refractivity contribution < 1.29 is 60.0 Å². The highest BCUT2D eigenvalue weighted by atomic mass is 31.2. The lowest BCUT2D eigenvalue weighted by Gasteiger charge is -2.27. The number of benzene rings is 2. The third kappa shape index (κ3) is 8.56. The zero-order valence-corrected chi connectivity index (χ0v) is 34.5. The average Bonchev–Trinajstić information content (AvgIpc) is 4.07. The number of fused-ring (bicyclic) bond motifs is 4. The normalized spacial score (nSPS) is 29.8. The summed E-state index contributed by atoms with van der Waals surface area (Å²) >= 11 is 0. The van der Waals surface area contributed by atoms with E-state index in [1.807, 2.05) is 6.07 Å². The molecule has 4 aromatic heterocycles. The largest absolute Gasteiger partial charge is 0.475 e. The van der Waals surface area contributed by atoms with Crippen LogP contribution in [0.1, 0.15) is 39.6 Å². The molecule has 22 nitrogen and oxygen atoms in total. The van der Waals surface area contributed by atoms with E-state index < -0.39 is 89.7 Å². The molecule has 330 valence electrons. The smallest absolute Gasteiger partial charge is 0.346 e. The maximum atomic E-state index is 16.8. The molecule has 6 aromatic rings. The van der Waals surface area contributed by atoms with Crippen molar-refractivity contribution in [1.82, 2.24) is 39.0 Å². The molecular weight excluding hydrogens is 886 g/mol. The van der Waals surface area contributed by atoms with Gasteiger partial charge in [0.25, 0.3) is 11.8 Å². The Bertz CT molecular complexity index is 2890. The summed E-state index contributed by atoms with van der Waals surface area (Å²) in [6.45, 7) is -1.40. The predicted molar refractivity (Wildman–Crippen MR) is 216 cm³/mol. The molecule has 0 aliphatic carbocycles. The van der Waals surface area contributed by atoms with Gasteiger partial charge in [-0.3, -0.25) is 41.4 Å². The van der Waals surface area contributed by atoms with Crippen molar-refractivity contribution in [2.24, 2.45) is 0 Å². The van der Waals surface area contributed by atoms with Gasteiger partial charge in [0.15, 0.2) is 58.8 Å². The highest BCUT2D eigenvalue weighted by Gasteiger charge is 2.54. The molecule has 3 N–H and O–H groups in total. The Morgan fingerprint density at radius 2 is 1.34 bits per heavy atom. The fourth-order valence-corrected chi connectivity index (χ4v) is 9.58. The van der Waals surface area contributed by atoms with Gasteiger partial charge in [-0.15, -0.1) is 0 Å². The second-order valence-electron chi connectivity index (χ2n) is 14.2. The number of aromatic nitrogens is 8. The number of halogens is 2. The van der Waals surface area contributed by atoms with Crippen molar-refractivity contribution in [2.75, 3.05) is 23.8 Å². The van der Waals surface area contributed by atoms with Crippen LogP contribution in [-0.4, -0.2) is 106 Å². The molecule has 64 heavy (non-hydrogen) atoms.